The van der Waals surface area contributed by atoms with Crippen LogP contribution in [-0.2, 0) is 7.05 Å². The van der Waals surface area contributed by atoms with E-state index in [2.05, 4.69) is 20.2 Å². The maximum atomic E-state index is 13.0. The number of benzene rings is 1. The van der Waals surface area contributed by atoms with Gasteiger partial charge in [-0.2, -0.15) is 10.2 Å². The molecule has 1 fully saturated rings. The van der Waals surface area contributed by atoms with Crippen LogP contribution in [0.3, 0.4) is 0 Å². The number of nitrogens with zero attached hydrogens (tertiary/aromatic N) is 6. The minimum absolute atomic E-state index is 0.0156. The van der Waals surface area contributed by atoms with E-state index in [9.17, 15) is 4.79 Å². The maximum Gasteiger partial charge on any atom is 0.272 e. The number of hydrogen-bond donors (Lipinski definition) is 0. The van der Waals surface area contributed by atoms with Gasteiger partial charge in [-0.25, -0.2) is 0 Å². The topological polar surface area (TPSA) is 67.2 Å². The highest BCUT2D eigenvalue weighted by Crippen LogP contribution is 2.20. The Bertz CT molecular complexity index is 927. The van der Waals surface area contributed by atoms with Gasteiger partial charge >= 0.3 is 0 Å². The van der Waals surface area contributed by atoms with Crippen molar-refractivity contribution in [1.29, 1.82) is 0 Å². The molecule has 7 nitrogen and oxygen atoms in total. The normalized spacial score (nSPS) is 14.4. The van der Waals surface area contributed by atoms with Gasteiger partial charge in [-0.1, -0.05) is 30.3 Å². The second kappa shape index (κ2) is 7.19. The lowest BCUT2D eigenvalue weighted by molar-refractivity contribution is 0.0735. The SMILES string of the molecule is Cc1ccc(N2CCN(C(=O)c3cc(-c4ccccc4)nn3C)CC2)nn1. The van der Waals surface area contributed by atoms with Crippen LogP contribution in [0, 0.1) is 6.92 Å². The molecule has 0 spiro atoms. The molecule has 3 aromatic rings. The average Bonchev–Trinajstić information content (AvgIpc) is 3.10. The highest BCUT2D eigenvalue weighted by atomic mass is 16.2. The Hall–Kier alpha value is -3.22. The summed E-state index contributed by atoms with van der Waals surface area (Å²) in [6.45, 7) is 4.71. The summed E-state index contributed by atoms with van der Waals surface area (Å²) in [4.78, 5) is 17.0. The average molecular weight is 362 g/mol. The standard InChI is InChI=1S/C20H22N6O/c1-15-8-9-19(22-21-15)25-10-12-26(13-11-25)20(27)18-14-17(23-24(18)2)16-6-4-3-5-7-16/h3-9,14H,10-13H2,1-2H3. The number of piperazine rings is 1. The first-order valence-electron chi connectivity index (χ1n) is 9.06. The van der Waals surface area contributed by atoms with E-state index in [0.29, 0.717) is 18.8 Å². The zero-order valence-electron chi connectivity index (χ0n) is 15.5. The zero-order valence-corrected chi connectivity index (χ0v) is 15.5. The summed E-state index contributed by atoms with van der Waals surface area (Å²) in [7, 11) is 1.82. The second-order valence-electron chi connectivity index (χ2n) is 6.72. The summed E-state index contributed by atoms with van der Waals surface area (Å²) in [5.74, 6) is 0.876. The highest BCUT2D eigenvalue weighted by molar-refractivity contribution is 5.94. The van der Waals surface area contributed by atoms with Crippen molar-refractivity contribution in [2.75, 3.05) is 31.1 Å². The van der Waals surface area contributed by atoms with E-state index in [1.54, 1.807) is 4.68 Å². The van der Waals surface area contributed by atoms with Crippen molar-refractivity contribution in [3.05, 3.63) is 59.9 Å². The molecule has 1 amide bonds. The summed E-state index contributed by atoms with van der Waals surface area (Å²) in [6, 6.07) is 15.7. The van der Waals surface area contributed by atoms with Crippen molar-refractivity contribution in [3.63, 3.8) is 0 Å². The smallest absolute Gasteiger partial charge is 0.272 e. The van der Waals surface area contributed by atoms with E-state index in [1.165, 1.54) is 0 Å². The molecule has 1 aromatic carbocycles. The molecule has 1 saturated heterocycles. The van der Waals surface area contributed by atoms with Gasteiger partial charge in [0.25, 0.3) is 5.91 Å². The first-order valence-corrected chi connectivity index (χ1v) is 9.06. The number of carbonyl (C=O) groups excluding carboxylic acids is 1. The monoisotopic (exact) mass is 362 g/mol. The van der Waals surface area contributed by atoms with Gasteiger partial charge in [-0.05, 0) is 25.1 Å². The number of carbonyl (C=O) groups is 1. The van der Waals surface area contributed by atoms with Crippen LogP contribution in [0.5, 0.6) is 0 Å². The van der Waals surface area contributed by atoms with Gasteiger partial charge in [0.05, 0.1) is 11.4 Å². The van der Waals surface area contributed by atoms with E-state index in [-0.39, 0.29) is 5.91 Å². The van der Waals surface area contributed by atoms with E-state index < -0.39 is 0 Å². The van der Waals surface area contributed by atoms with Crippen LogP contribution in [0.4, 0.5) is 5.82 Å². The van der Waals surface area contributed by atoms with Crippen molar-refractivity contribution in [3.8, 4) is 11.3 Å². The minimum Gasteiger partial charge on any atom is -0.352 e. The van der Waals surface area contributed by atoms with E-state index in [4.69, 9.17) is 0 Å². The van der Waals surface area contributed by atoms with E-state index >= 15 is 0 Å². The molecule has 2 aromatic heterocycles. The molecule has 3 heterocycles. The molecule has 0 bridgehead atoms. The van der Waals surface area contributed by atoms with Crippen LogP contribution in [0.2, 0.25) is 0 Å². The number of aryl methyl sites for hydroxylation is 2. The van der Waals surface area contributed by atoms with Gasteiger partial charge in [-0.3, -0.25) is 9.48 Å². The summed E-state index contributed by atoms with van der Waals surface area (Å²) in [5.41, 5.74) is 3.33. The molecule has 138 valence electrons. The van der Waals surface area contributed by atoms with Crippen LogP contribution < -0.4 is 4.90 Å². The third-order valence-electron chi connectivity index (χ3n) is 4.84. The lowest BCUT2D eigenvalue weighted by Gasteiger charge is -2.35. The van der Waals surface area contributed by atoms with Gasteiger partial charge in [-0.15, -0.1) is 5.10 Å². The maximum absolute atomic E-state index is 13.0. The second-order valence-corrected chi connectivity index (χ2v) is 6.72. The highest BCUT2D eigenvalue weighted by Gasteiger charge is 2.25. The van der Waals surface area contributed by atoms with Gasteiger partial charge in [0.1, 0.15) is 5.69 Å². The molecule has 0 radical (unpaired) electrons. The molecule has 4 rings (SSSR count). The Labute approximate surface area is 158 Å². The molecule has 0 N–H and O–H groups in total. The van der Waals surface area contributed by atoms with Crippen LogP contribution in [-0.4, -0.2) is 57.0 Å². The number of rotatable bonds is 3. The molecule has 0 atom stereocenters. The van der Waals surface area contributed by atoms with E-state index in [0.717, 1.165) is 35.9 Å². The minimum atomic E-state index is 0.0156. The van der Waals surface area contributed by atoms with E-state index in [1.807, 2.05) is 67.4 Å². The van der Waals surface area contributed by atoms with Crippen LogP contribution in [0.1, 0.15) is 16.2 Å². The van der Waals surface area contributed by atoms with Crippen molar-refractivity contribution < 1.29 is 4.79 Å². The molecule has 0 aliphatic carbocycles. The van der Waals surface area contributed by atoms with Crippen LogP contribution >= 0.6 is 0 Å². The zero-order chi connectivity index (χ0) is 18.8. The molecule has 7 heteroatoms. The van der Waals surface area contributed by atoms with Gasteiger partial charge in [0.2, 0.25) is 0 Å². The number of hydrogen-bond acceptors (Lipinski definition) is 5. The molecule has 0 saturated carbocycles. The molecular formula is C20H22N6O. The lowest BCUT2D eigenvalue weighted by Crippen LogP contribution is -2.49. The Kier molecular flexibility index (Phi) is 4.58. The van der Waals surface area contributed by atoms with Crippen molar-refractivity contribution in [2.45, 2.75) is 6.92 Å². The summed E-state index contributed by atoms with van der Waals surface area (Å²) < 4.78 is 1.67. The Balaban J connectivity index is 1.45. The summed E-state index contributed by atoms with van der Waals surface area (Å²) >= 11 is 0. The Morgan fingerprint density at radius 3 is 2.37 bits per heavy atom. The van der Waals surface area contributed by atoms with Gasteiger partial charge in [0.15, 0.2) is 5.82 Å². The van der Waals surface area contributed by atoms with Crippen molar-refractivity contribution >= 4 is 11.7 Å². The fourth-order valence-corrected chi connectivity index (χ4v) is 3.28. The lowest BCUT2D eigenvalue weighted by atomic mass is 10.1. The largest absolute Gasteiger partial charge is 0.352 e. The third-order valence-corrected chi connectivity index (χ3v) is 4.84. The predicted molar refractivity (Wildman–Crippen MR) is 104 cm³/mol. The molecule has 27 heavy (non-hydrogen) atoms. The van der Waals surface area contributed by atoms with Gasteiger partial charge in [0, 0.05) is 38.8 Å². The molecule has 1 aliphatic heterocycles. The first kappa shape index (κ1) is 17.2. The summed E-state index contributed by atoms with van der Waals surface area (Å²) in [5, 5.41) is 12.9. The Morgan fingerprint density at radius 1 is 0.963 bits per heavy atom. The van der Waals surface area contributed by atoms with Crippen LogP contribution in [0.15, 0.2) is 48.5 Å². The quantitative estimate of drug-likeness (QED) is 0.714. The summed E-state index contributed by atoms with van der Waals surface area (Å²) in [6.07, 6.45) is 0. The molecule has 0 unspecified atom stereocenters. The fourth-order valence-electron chi connectivity index (χ4n) is 3.28. The van der Waals surface area contributed by atoms with Gasteiger partial charge < -0.3 is 9.80 Å². The molecular weight excluding hydrogens is 340 g/mol. The number of amides is 1. The number of anilines is 1. The van der Waals surface area contributed by atoms with Crippen molar-refractivity contribution in [1.82, 2.24) is 24.9 Å². The third kappa shape index (κ3) is 3.53. The first-order chi connectivity index (χ1) is 13.1. The van der Waals surface area contributed by atoms with Crippen LogP contribution in [0.25, 0.3) is 11.3 Å². The fraction of sp³-hybridized carbons (Fsp3) is 0.300. The van der Waals surface area contributed by atoms with Crippen molar-refractivity contribution in [2.24, 2.45) is 7.05 Å². The molecule has 1 aliphatic rings. The number of aromatic nitrogens is 4. The predicted octanol–water partition coefficient (Wildman–Crippen LogP) is 2.15. The Morgan fingerprint density at radius 2 is 1.70 bits per heavy atom.